The predicted octanol–water partition coefficient (Wildman–Crippen LogP) is 13.3. The second kappa shape index (κ2) is 43.1. The summed E-state index contributed by atoms with van der Waals surface area (Å²) in [5.41, 5.74) is 0. The SMILES string of the molecule is CC/C=C\C/C=C\CC(O)/C=C/C=C\C/C=C\C/C=C\CCC(=O)OC[C@H](COP(=O)(O)OCC[N+](C)(C)C)OC(=O)CCCCCCCCCCC/C=C\CCCCCCCC. The third-order valence-electron chi connectivity index (χ3n) is 10.0. The molecule has 0 radical (unpaired) electrons. The van der Waals surface area contributed by atoms with E-state index in [-0.39, 0.29) is 26.1 Å². The third-order valence-corrected chi connectivity index (χ3v) is 11.0. The number of likely N-dealkylation sites (N-methyl/N-ethyl adjacent to an activating group) is 1. The van der Waals surface area contributed by atoms with Crippen molar-refractivity contribution in [1.29, 1.82) is 0 Å². The molecule has 2 N–H and O–H groups in total. The lowest BCUT2D eigenvalue weighted by Gasteiger charge is -2.24. The Labute approximate surface area is 384 Å². The summed E-state index contributed by atoms with van der Waals surface area (Å²) in [6.07, 6.45) is 52.5. The third kappa shape index (κ3) is 46.9. The van der Waals surface area contributed by atoms with Gasteiger partial charge in [-0.15, -0.1) is 0 Å². The summed E-state index contributed by atoms with van der Waals surface area (Å²) in [5, 5.41) is 10.0. The summed E-state index contributed by atoms with van der Waals surface area (Å²) in [6.45, 7) is 4.13. The number of aliphatic hydroxyl groups excluding tert-OH is 1. The van der Waals surface area contributed by atoms with E-state index in [0.717, 1.165) is 44.9 Å². The van der Waals surface area contributed by atoms with Gasteiger partial charge in [0.05, 0.1) is 33.9 Å². The fraction of sp³-hybridized carbons (Fsp3) is 0.692. The maximum absolute atomic E-state index is 12.7. The number of hydrogen-bond donors (Lipinski definition) is 2. The minimum absolute atomic E-state index is 0.00780. The fourth-order valence-corrected chi connectivity index (χ4v) is 6.92. The molecule has 0 aliphatic carbocycles. The average molecular weight is 905 g/mol. The smallest absolute Gasteiger partial charge is 0.462 e. The van der Waals surface area contributed by atoms with Gasteiger partial charge in [-0.3, -0.25) is 18.6 Å². The van der Waals surface area contributed by atoms with Crippen LogP contribution in [-0.2, 0) is 32.7 Å². The van der Waals surface area contributed by atoms with Gasteiger partial charge in [0.2, 0.25) is 0 Å². The Morgan fingerprint density at radius 1 is 0.587 bits per heavy atom. The molecule has 0 aliphatic heterocycles. The molecule has 10 nitrogen and oxygen atoms in total. The molecule has 0 fully saturated rings. The molecule has 0 rings (SSSR count). The van der Waals surface area contributed by atoms with Gasteiger partial charge in [0, 0.05) is 12.8 Å². The highest BCUT2D eigenvalue weighted by atomic mass is 31.2. The van der Waals surface area contributed by atoms with E-state index in [2.05, 4.69) is 50.3 Å². The lowest BCUT2D eigenvalue weighted by Crippen LogP contribution is -2.37. The quantitative estimate of drug-likeness (QED) is 0.0153. The first-order valence-electron chi connectivity index (χ1n) is 24.4. The number of quaternary nitrogens is 1. The van der Waals surface area contributed by atoms with Crippen molar-refractivity contribution in [3.8, 4) is 0 Å². The second-order valence-electron chi connectivity index (χ2n) is 17.3. The fourth-order valence-electron chi connectivity index (χ4n) is 6.18. The lowest BCUT2D eigenvalue weighted by atomic mass is 10.1. The van der Waals surface area contributed by atoms with E-state index >= 15 is 0 Å². The summed E-state index contributed by atoms with van der Waals surface area (Å²) >= 11 is 0. The molecular weight excluding hydrogens is 814 g/mol. The molecule has 63 heavy (non-hydrogen) atoms. The zero-order chi connectivity index (χ0) is 46.5. The Bertz CT molecular complexity index is 1360. The van der Waals surface area contributed by atoms with Gasteiger partial charge in [-0.25, -0.2) is 4.57 Å². The van der Waals surface area contributed by atoms with Crippen molar-refractivity contribution in [3.63, 3.8) is 0 Å². The molecular formula is C52H91NO9P+. The Kier molecular flexibility index (Phi) is 41.1. The van der Waals surface area contributed by atoms with Crippen LogP contribution in [0.1, 0.15) is 174 Å². The highest BCUT2D eigenvalue weighted by molar-refractivity contribution is 7.47. The molecule has 362 valence electrons. The Balaban J connectivity index is 4.47. The molecule has 11 heteroatoms. The summed E-state index contributed by atoms with van der Waals surface area (Å²) in [7, 11) is 1.40. The topological polar surface area (TPSA) is 129 Å². The van der Waals surface area contributed by atoms with Gasteiger partial charge >= 0.3 is 19.8 Å². The van der Waals surface area contributed by atoms with E-state index in [9.17, 15) is 24.2 Å². The van der Waals surface area contributed by atoms with Crippen molar-refractivity contribution in [3.05, 3.63) is 85.1 Å². The number of nitrogens with zero attached hydrogens (tertiary/aromatic N) is 1. The Morgan fingerprint density at radius 3 is 1.75 bits per heavy atom. The largest absolute Gasteiger partial charge is 0.472 e. The van der Waals surface area contributed by atoms with Crippen LogP contribution in [0.3, 0.4) is 0 Å². The van der Waals surface area contributed by atoms with Crippen LogP contribution >= 0.6 is 7.82 Å². The molecule has 0 saturated carbocycles. The van der Waals surface area contributed by atoms with E-state index in [1.165, 1.54) is 83.5 Å². The van der Waals surface area contributed by atoms with E-state index in [1.807, 2.05) is 63.7 Å². The van der Waals surface area contributed by atoms with Crippen molar-refractivity contribution in [2.24, 2.45) is 0 Å². The zero-order valence-electron chi connectivity index (χ0n) is 40.4. The van der Waals surface area contributed by atoms with Gasteiger partial charge in [-0.05, 0) is 70.6 Å². The molecule has 0 aromatic heterocycles. The molecule has 0 spiro atoms. The van der Waals surface area contributed by atoms with Crippen LogP contribution < -0.4 is 0 Å². The number of carbonyl (C=O) groups excluding carboxylic acids is 2. The maximum atomic E-state index is 12.7. The van der Waals surface area contributed by atoms with Gasteiger partial charge in [0.15, 0.2) is 6.10 Å². The van der Waals surface area contributed by atoms with E-state index in [1.54, 1.807) is 6.08 Å². The number of unbranched alkanes of at least 4 members (excludes halogenated alkanes) is 15. The van der Waals surface area contributed by atoms with Crippen molar-refractivity contribution < 1.29 is 47.2 Å². The first-order chi connectivity index (χ1) is 30.4. The first kappa shape index (κ1) is 60.2. The van der Waals surface area contributed by atoms with Crippen LogP contribution in [0, 0.1) is 0 Å². The molecule has 0 aromatic rings. The maximum Gasteiger partial charge on any atom is 0.472 e. The van der Waals surface area contributed by atoms with Crippen LogP contribution in [0.15, 0.2) is 85.1 Å². The first-order valence-corrected chi connectivity index (χ1v) is 25.9. The van der Waals surface area contributed by atoms with E-state index in [0.29, 0.717) is 30.3 Å². The minimum Gasteiger partial charge on any atom is -0.462 e. The standard InChI is InChI=1S/C52H90NO9P/c1-6-8-10-12-14-15-16-17-18-19-20-21-22-23-24-29-32-36-40-44-52(56)62-50(48-61-63(57,58)60-46-45-53(3,4)5)47-59-51(55)43-39-35-31-28-26-25-27-30-34-38-42-49(54)41-37-33-13-11-9-7-2/h9,11,17-18,25-26,30-31,33-35,37-38,42,49-50,54H,6-8,10,12-16,19-24,27-29,32,36,39-41,43-48H2,1-5H3/p+1/b11-9-,18-17-,26-25-,34-30-,35-31-,37-33-,42-38+/t49?,50-/m1/s1. The number of phosphoric ester groups is 1. The van der Waals surface area contributed by atoms with Crippen molar-refractivity contribution >= 4 is 19.8 Å². The van der Waals surface area contributed by atoms with Crippen molar-refractivity contribution in [2.75, 3.05) is 47.5 Å². The number of allylic oxidation sites excluding steroid dienone is 12. The monoisotopic (exact) mass is 905 g/mol. The number of aliphatic hydroxyl groups is 1. The molecule has 0 aliphatic rings. The number of phosphoric acid groups is 1. The predicted molar refractivity (Wildman–Crippen MR) is 262 cm³/mol. The minimum atomic E-state index is -4.41. The molecule has 0 amide bonds. The molecule has 0 heterocycles. The van der Waals surface area contributed by atoms with Crippen LogP contribution in [0.2, 0.25) is 0 Å². The highest BCUT2D eigenvalue weighted by Crippen LogP contribution is 2.43. The number of hydrogen-bond acceptors (Lipinski definition) is 8. The highest BCUT2D eigenvalue weighted by Gasteiger charge is 2.27. The van der Waals surface area contributed by atoms with Gasteiger partial charge in [-0.2, -0.15) is 0 Å². The molecule has 3 atom stereocenters. The number of esters is 2. The summed E-state index contributed by atoms with van der Waals surface area (Å²) in [5.74, 6) is -0.933. The molecule has 0 bridgehead atoms. The van der Waals surface area contributed by atoms with Crippen LogP contribution in [0.4, 0.5) is 0 Å². The normalized spacial score (nSPS) is 14.7. The van der Waals surface area contributed by atoms with Gasteiger partial charge in [0.1, 0.15) is 19.8 Å². The average Bonchev–Trinajstić information content (AvgIpc) is 3.23. The summed E-state index contributed by atoms with van der Waals surface area (Å²) < 4.78 is 34.3. The van der Waals surface area contributed by atoms with Crippen LogP contribution in [0.25, 0.3) is 0 Å². The van der Waals surface area contributed by atoms with Crippen LogP contribution in [0.5, 0.6) is 0 Å². The second-order valence-corrected chi connectivity index (χ2v) is 18.8. The number of carbonyl (C=O) groups is 2. The van der Waals surface area contributed by atoms with Gasteiger partial charge in [-0.1, -0.05) is 176 Å². The van der Waals surface area contributed by atoms with Crippen LogP contribution in [-0.4, -0.2) is 86.1 Å². The molecule has 0 aromatic carbocycles. The number of ether oxygens (including phenoxy) is 2. The molecule has 2 unspecified atom stereocenters. The van der Waals surface area contributed by atoms with Crippen molar-refractivity contribution in [2.45, 2.75) is 187 Å². The molecule has 0 saturated heterocycles. The van der Waals surface area contributed by atoms with Crippen molar-refractivity contribution in [1.82, 2.24) is 0 Å². The van der Waals surface area contributed by atoms with Gasteiger partial charge < -0.3 is 24.0 Å². The van der Waals surface area contributed by atoms with E-state index in [4.69, 9.17) is 18.5 Å². The zero-order valence-corrected chi connectivity index (χ0v) is 41.3. The summed E-state index contributed by atoms with van der Waals surface area (Å²) in [6, 6.07) is 0. The van der Waals surface area contributed by atoms with Gasteiger partial charge in [0.25, 0.3) is 0 Å². The van der Waals surface area contributed by atoms with E-state index < -0.39 is 38.6 Å². The Hall–Kier alpha value is -2.85. The Morgan fingerprint density at radius 2 is 1.13 bits per heavy atom. The lowest BCUT2D eigenvalue weighted by molar-refractivity contribution is -0.870. The summed E-state index contributed by atoms with van der Waals surface area (Å²) in [4.78, 5) is 35.5. The number of rotatable bonds is 43.